The highest BCUT2D eigenvalue weighted by Crippen LogP contribution is 2.41. The maximum atomic E-state index is 13.7. The van der Waals surface area contributed by atoms with Gasteiger partial charge in [0.2, 0.25) is 0 Å². The predicted molar refractivity (Wildman–Crippen MR) is 191 cm³/mol. The van der Waals surface area contributed by atoms with Crippen molar-refractivity contribution in [1.82, 2.24) is 29.5 Å². The Kier molecular flexibility index (Phi) is 10.7. The van der Waals surface area contributed by atoms with Crippen LogP contribution in [0.25, 0.3) is 11.4 Å². The SMILES string of the molecule is Brc1ccccn1.C#Cc1cn(-c2cc(F)cc(C#N)c2)nc1C1CC1.N#Cc1cc(F)cc(-n2cc(C#Cc3ccccn3)c(C3CC3)n2)c1. The first kappa shape index (κ1) is 34.5. The summed E-state index contributed by atoms with van der Waals surface area (Å²) >= 11 is 3.20. The number of nitrogens with zero attached hydrogens (tertiary/aromatic N) is 8. The highest BCUT2D eigenvalue weighted by atomic mass is 79.9. The highest BCUT2D eigenvalue weighted by molar-refractivity contribution is 9.10. The third kappa shape index (κ3) is 9.19. The Bertz CT molecular complexity index is 2360. The molecule has 11 heteroatoms. The molecule has 0 unspecified atom stereocenters. The van der Waals surface area contributed by atoms with Gasteiger partial charge in [0.05, 0.1) is 57.2 Å². The molecule has 51 heavy (non-hydrogen) atoms. The molecule has 4 heterocycles. The molecule has 0 saturated heterocycles. The van der Waals surface area contributed by atoms with Crippen molar-refractivity contribution in [3.63, 3.8) is 0 Å². The largest absolute Gasteiger partial charge is 0.249 e. The molecule has 0 radical (unpaired) electrons. The Hall–Kier alpha value is -6.40. The van der Waals surface area contributed by atoms with Gasteiger partial charge in [-0.3, -0.25) is 0 Å². The van der Waals surface area contributed by atoms with E-state index in [-0.39, 0.29) is 11.1 Å². The van der Waals surface area contributed by atoms with Crippen molar-refractivity contribution >= 4 is 15.9 Å². The number of pyridine rings is 2. The summed E-state index contributed by atoms with van der Waals surface area (Å²) < 4.78 is 31.2. The Morgan fingerprint density at radius 3 is 1.65 bits per heavy atom. The first-order valence-electron chi connectivity index (χ1n) is 15.9. The molecule has 6 aromatic rings. The first-order valence-corrected chi connectivity index (χ1v) is 16.7. The summed E-state index contributed by atoms with van der Waals surface area (Å²) in [5, 5.41) is 26.9. The number of halogens is 3. The van der Waals surface area contributed by atoms with E-state index in [4.69, 9.17) is 16.9 Å². The van der Waals surface area contributed by atoms with Crippen LogP contribution in [0, 0.1) is 58.5 Å². The van der Waals surface area contributed by atoms with Crippen molar-refractivity contribution < 1.29 is 8.78 Å². The normalized spacial score (nSPS) is 12.7. The zero-order valence-corrected chi connectivity index (χ0v) is 28.6. The van der Waals surface area contributed by atoms with Gasteiger partial charge in [0.1, 0.15) is 21.9 Å². The van der Waals surface area contributed by atoms with Crippen molar-refractivity contribution in [2.45, 2.75) is 37.5 Å². The molecular weight excluding hydrogens is 710 g/mol. The lowest BCUT2D eigenvalue weighted by Crippen LogP contribution is -1.97. The van der Waals surface area contributed by atoms with E-state index in [2.05, 4.69) is 53.9 Å². The fourth-order valence-electron chi connectivity index (χ4n) is 5.02. The summed E-state index contributed by atoms with van der Waals surface area (Å²) in [5.74, 6) is 8.69. The number of benzene rings is 2. The zero-order chi connectivity index (χ0) is 35.7. The van der Waals surface area contributed by atoms with Crippen molar-refractivity contribution in [1.29, 1.82) is 10.5 Å². The van der Waals surface area contributed by atoms with Gasteiger partial charge < -0.3 is 0 Å². The quantitative estimate of drug-likeness (QED) is 0.134. The standard InChI is InChI=1S/C20H13FN4.C15H10FN3.C5H4BrN/c21-17-9-14(12-22)10-19(11-17)25-13-16(20(24-25)15-4-5-15)6-7-18-3-1-2-8-23-18;1-2-11-9-19(18-15(11)12-3-4-12)14-6-10(8-17)5-13(16)7-14;6-5-3-1-2-4-7-5/h1-3,8-11,13,15H,4-5H2;1,5-7,9,12H,3-4H2;1-4H. The summed E-state index contributed by atoms with van der Waals surface area (Å²) in [6.07, 6.45) is 16.8. The van der Waals surface area contributed by atoms with Crippen molar-refractivity contribution in [2.24, 2.45) is 0 Å². The van der Waals surface area contributed by atoms with Crippen LogP contribution in [-0.4, -0.2) is 29.5 Å². The Labute approximate surface area is 302 Å². The van der Waals surface area contributed by atoms with Gasteiger partial charge in [-0.05, 0) is 108 Å². The summed E-state index contributed by atoms with van der Waals surface area (Å²) in [5.41, 5.74) is 5.62. The van der Waals surface area contributed by atoms with E-state index < -0.39 is 11.6 Å². The minimum atomic E-state index is -0.460. The summed E-state index contributed by atoms with van der Waals surface area (Å²) in [4.78, 5) is 8.09. The van der Waals surface area contributed by atoms with E-state index in [9.17, 15) is 8.78 Å². The maximum absolute atomic E-state index is 13.7. The zero-order valence-electron chi connectivity index (χ0n) is 27.0. The minimum absolute atomic E-state index is 0.264. The van der Waals surface area contributed by atoms with Gasteiger partial charge in [-0.25, -0.2) is 28.1 Å². The minimum Gasteiger partial charge on any atom is -0.249 e. The molecule has 0 spiro atoms. The molecular formula is C40H27BrF2N8. The molecule has 2 saturated carbocycles. The lowest BCUT2D eigenvalue weighted by molar-refractivity contribution is 0.624. The molecule has 0 N–H and O–H groups in total. The van der Waals surface area contributed by atoms with Crippen molar-refractivity contribution in [3.8, 4) is 47.7 Å². The van der Waals surface area contributed by atoms with Crippen LogP contribution < -0.4 is 0 Å². The van der Waals surface area contributed by atoms with Crippen molar-refractivity contribution in [2.75, 3.05) is 0 Å². The lowest BCUT2D eigenvalue weighted by atomic mass is 10.2. The fourth-order valence-corrected chi connectivity index (χ4v) is 5.29. The molecule has 0 atom stereocenters. The van der Waals surface area contributed by atoms with Crippen LogP contribution in [0.2, 0.25) is 0 Å². The van der Waals surface area contributed by atoms with Crippen molar-refractivity contribution in [3.05, 3.63) is 153 Å². The molecule has 2 fully saturated rings. The predicted octanol–water partition coefficient (Wildman–Crippen LogP) is 8.14. The smallest absolute Gasteiger partial charge is 0.126 e. The molecule has 0 amide bonds. The Morgan fingerprint density at radius 2 is 1.22 bits per heavy atom. The summed E-state index contributed by atoms with van der Waals surface area (Å²) in [6, 6.07) is 23.5. The molecule has 4 aromatic heterocycles. The van der Waals surface area contributed by atoms with Gasteiger partial charge in [-0.2, -0.15) is 20.7 Å². The number of nitriles is 2. The number of aromatic nitrogens is 6. The number of hydrogen-bond acceptors (Lipinski definition) is 6. The van der Waals surface area contributed by atoms with E-state index >= 15 is 0 Å². The van der Waals surface area contributed by atoms with Crippen LogP contribution in [0.3, 0.4) is 0 Å². The van der Waals surface area contributed by atoms with E-state index in [1.807, 2.05) is 48.5 Å². The van der Waals surface area contributed by atoms with Crippen LogP contribution in [0.5, 0.6) is 0 Å². The lowest BCUT2D eigenvalue weighted by Gasteiger charge is -2.02. The second-order valence-corrected chi connectivity index (χ2v) is 12.5. The van der Waals surface area contributed by atoms with Crippen LogP contribution >= 0.6 is 15.9 Å². The number of rotatable bonds is 4. The van der Waals surface area contributed by atoms with Gasteiger partial charge in [0, 0.05) is 36.6 Å². The molecule has 0 aliphatic heterocycles. The van der Waals surface area contributed by atoms with E-state index in [1.165, 1.54) is 24.3 Å². The Balaban J connectivity index is 0.000000151. The summed E-state index contributed by atoms with van der Waals surface area (Å²) in [7, 11) is 0. The average Bonchev–Trinajstić information content (AvgIpc) is 4.10. The summed E-state index contributed by atoms with van der Waals surface area (Å²) in [6.45, 7) is 0. The highest BCUT2D eigenvalue weighted by Gasteiger charge is 2.30. The van der Waals surface area contributed by atoms with Crippen LogP contribution in [0.1, 0.15) is 76.9 Å². The van der Waals surface area contributed by atoms with E-state index in [0.717, 1.165) is 52.8 Å². The molecule has 2 aliphatic carbocycles. The van der Waals surface area contributed by atoms with Crippen LogP contribution in [0.4, 0.5) is 8.78 Å². The topological polar surface area (TPSA) is 109 Å². The second kappa shape index (κ2) is 15.9. The molecule has 0 bridgehead atoms. The number of terminal acetylenes is 1. The molecule has 2 aliphatic rings. The molecule has 2 aromatic carbocycles. The van der Waals surface area contributed by atoms with Gasteiger partial charge >= 0.3 is 0 Å². The molecule has 8 nitrogen and oxygen atoms in total. The third-order valence-corrected chi connectivity index (χ3v) is 8.21. The maximum Gasteiger partial charge on any atom is 0.126 e. The van der Waals surface area contributed by atoms with Gasteiger partial charge in [0.25, 0.3) is 0 Å². The Morgan fingerprint density at radius 1 is 0.686 bits per heavy atom. The van der Waals surface area contributed by atoms with Crippen LogP contribution in [0.15, 0.2) is 102 Å². The molecule has 248 valence electrons. The van der Waals surface area contributed by atoms with E-state index in [1.54, 1.807) is 46.3 Å². The monoisotopic (exact) mass is 736 g/mol. The van der Waals surface area contributed by atoms with E-state index in [0.29, 0.717) is 28.9 Å². The van der Waals surface area contributed by atoms with Gasteiger partial charge in [0.15, 0.2) is 0 Å². The third-order valence-electron chi connectivity index (χ3n) is 7.74. The average molecular weight is 738 g/mol. The fraction of sp³-hybridized carbons (Fsp3) is 0.150. The second-order valence-electron chi connectivity index (χ2n) is 11.7. The van der Waals surface area contributed by atoms with Gasteiger partial charge in [-0.1, -0.05) is 24.0 Å². The number of hydrogen-bond donors (Lipinski definition) is 0. The van der Waals surface area contributed by atoms with Crippen LogP contribution in [-0.2, 0) is 0 Å². The molecule has 8 rings (SSSR count). The van der Waals surface area contributed by atoms with Gasteiger partial charge in [-0.15, -0.1) is 6.42 Å². The first-order chi connectivity index (χ1) is 24.8.